The molecule has 0 aliphatic carbocycles. The lowest BCUT2D eigenvalue weighted by Gasteiger charge is -2.10. The second-order valence-electron chi connectivity index (χ2n) is 6.45. The smallest absolute Gasteiger partial charge is 0.325 e. The number of esters is 1. The van der Waals surface area contributed by atoms with Crippen LogP contribution in [0.3, 0.4) is 0 Å². The Labute approximate surface area is 176 Å². The molecule has 2 aromatic carbocycles. The average molecular weight is 431 g/mol. The van der Waals surface area contributed by atoms with Crippen LogP contribution in [-0.4, -0.2) is 30.9 Å². The number of benzene rings is 2. The van der Waals surface area contributed by atoms with Crippen molar-refractivity contribution in [3.05, 3.63) is 63.5 Å². The summed E-state index contributed by atoms with van der Waals surface area (Å²) in [6, 6.07) is 13.0. The Morgan fingerprint density at radius 2 is 1.86 bits per heavy atom. The van der Waals surface area contributed by atoms with Gasteiger partial charge >= 0.3 is 5.97 Å². The molecule has 0 fully saturated rings. The van der Waals surface area contributed by atoms with Crippen LogP contribution in [0.15, 0.2) is 42.5 Å². The number of rotatable bonds is 6. The summed E-state index contributed by atoms with van der Waals surface area (Å²) in [7, 11) is 0. The molecule has 2 N–H and O–H groups in total. The van der Waals surface area contributed by atoms with Gasteiger partial charge in [0.1, 0.15) is 11.4 Å². The van der Waals surface area contributed by atoms with Crippen LogP contribution in [0.5, 0.6) is 0 Å². The van der Waals surface area contributed by atoms with Crippen molar-refractivity contribution in [3.8, 4) is 0 Å². The third kappa shape index (κ3) is 5.13. The first-order chi connectivity index (χ1) is 13.8. The van der Waals surface area contributed by atoms with Gasteiger partial charge in [0.2, 0.25) is 0 Å². The third-order valence-corrected chi connectivity index (χ3v) is 5.83. The van der Waals surface area contributed by atoms with E-state index >= 15 is 0 Å². The van der Waals surface area contributed by atoms with E-state index in [-0.39, 0.29) is 6.54 Å². The Balaban J connectivity index is 1.48. The van der Waals surface area contributed by atoms with E-state index in [2.05, 4.69) is 10.6 Å². The van der Waals surface area contributed by atoms with Gasteiger partial charge in [0.25, 0.3) is 11.8 Å². The quantitative estimate of drug-likeness (QED) is 0.577. The summed E-state index contributed by atoms with van der Waals surface area (Å²) in [5, 5.41) is 6.29. The van der Waals surface area contributed by atoms with E-state index < -0.39 is 24.4 Å². The highest BCUT2D eigenvalue weighted by atomic mass is 35.5. The molecule has 3 rings (SSSR count). The molecule has 0 saturated heterocycles. The lowest BCUT2D eigenvalue weighted by molar-refractivity contribution is -0.146. The number of anilines is 1. The summed E-state index contributed by atoms with van der Waals surface area (Å²) in [6.45, 7) is 3.04. The molecule has 29 heavy (non-hydrogen) atoms. The Hall–Kier alpha value is -2.90. The maximum atomic E-state index is 12.3. The number of halogens is 1. The number of nitrogens with one attached hydrogen (secondary N) is 2. The Morgan fingerprint density at radius 3 is 2.59 bits per heavy atom. The predicted molar refractivity (Wildman–Crippen MR) is 115 cm³/mol. The highest BCUT2D eigenvalue weighted by molar-refractivity contribution is 7.21. The number of carbonyl (C=O) groups excluding carboxylic acids is 3. The molecule has 0 aliphatic rings. The molecule has 1 heterocycles. The van der Waals surface area contributed by atoms with E-state index in [1.54, 1.807) is 6.07 Å². The van der Waals surface area contributed by atoms with Gasteiger partial charge in [-0.1, -0.05) is 47.5 Å². The van der Waals surface area contributed by atoms with Crippen LogP contribution >= 0.6 is 22.9 Å². The number of fused-ring (bicyclic) bond motifs is 1. The van der Waals surface area contributed by atoms with Gasteiger partial charge in [-0.05, 0) is 31.5 Å². The van der Waals surface area contributed by atoms with Gasteiger partial charge in [0.15, 0.2) is 6.61 Å². The fourth-order valence-corrected chi connectivity index (χ4v) is 4.16. The van der Waals surface area contributed by atoms with E-state index in [1.807, 2.05) is 50.2 Å². The van der Waals surface area contributed by atoms with Crippen molar-refractivity contribution in [2.75, 3.05) is 18.5 Å². The van der Waals surface area contributed by atoms with Gasteiger partial charge in [0.05, 0.1) is 5.02 Å². The number of hydrogen-bond donors (Lipinski definition) is 2. The lowest BCUT2D eigenvalue weighted by atomic mass is 10.1. The van der Waals surface area contributed by atoms with Gasteiger partial charge in [0, 0.05) is 15.8 Å². The lowest BCUT2D eigenvalue weighted by Crippen LogP contribution is -2.32. The zero-order valence-electron chi connectivity index (χ0n) is 15.9. The minimum Gasteiger partial charge on any atom is -0.454 e. The molecular formula is C21H19ClN2O4S. The van der Waals surface area contributed by atoms with Crippen LogP contribution in [0.2, 0.25) is 5.02 Å². The molecule has 8 heteroatoms. The van der Waals surface area contributed by atoms with Gasteiger partial charge in [-0.25, -0.2) is 0 Å². The van der Waals surface area contributed by atoms with Crippen molar-refractivity contribution < 1.29 is 19.1 Å². The van der Waals surface area contributed by atoms with Crippen LogP contribution in [-0.2, 0) is 14.3 Å². The van der Waals surface area contributed by atoms with E-state index in [0.717, 1.165) is 21.2 Å². The van der Waals surface area contributed by atoms with Crippen molar-refractivity contribution in [1.29, 1.82) is 0 Å². The van der Waals surface area contributed by atoms with Gasteiger partial charge in [-0.15, -0.1) is 11.3 Å². The van der Waals surface area contributed by atoms with Gasteiger partial charge in [-0.3, -0.25) is 14.4 Å². The summed E-state index contributed by atoms with van der Waals surface area (Å²) >= 11 is 7.50. The molecular weight excluding hydrogens is 412 g/mol. The molecule has 0 atom stereocenters. The van der Waals surface area contributed by atoms with Crippen molar-refractivity contribution in [2.24, 2.45) is 0 Å². The molecule has 0 saturated carbocycles. The molecule has 6 nitrogen and oxygen atoms in total. The number of carbonyl (C=O) groups is 3. The van der Waals surface area contributed by atoms with E-state index in [4.69, 9.17) is 16.3 Å². The maximum absolute atomic E-state index is 12.3. The van der Waals surface area contributed by atoms with Crippen LogP contribution < -0.4 is 10.6 Å². The molecule has 0 spiro atoms. The molecule has 0 aliphatic heterocycles. The molecule has 3 aromatic rings. The number of amides is 2. The van der Waals surface area contributed by atoms with E-state index in [1.165, 1.54) is 11.3 Å². The zero-order valence-corrected chi connectivity index (χ0v) is 17.4. The normalized spacial score (nSPS) is 10.6. The largest absolute Gasteiger partial charge is 0.454 e. The number of ether oxygens (including phenoxy) is 1. The third-order valence-electron chi connectivity index (χ3n) is 4.15. The fourth-order valence-electron chi connectivity index (χ4n) is 2.73. The molecule has 0 unspecified atom stereocenters. The summed E-state index contributed by atoms with van der Waals surface area (Å²) in [6.07, 6.45) is 0. The molecule has 2 amide bonds. The topological polar surface area (TPSA) is 84.5 Å². The standard InChI is InChI=1S/C21H19ClN2O4S/c1-12-7-8-15(13(2)9-12)24-17(25)11-28-18(26)10-23-21(27)20-19(22)14-5-3-4-6-16(14)29-20/h3-9H,10-11H2,1-2H3,(H,23,27)(H,24,25). The van der Waals surface area contributed by atoms with Crippen LogP contribution in [0.4, 0.5) is 5.69 Å². The summed E-state index contributed by atoms with van der Waals surface area (Å²) in [4.78, 5) is 36.5. The minimum absolute atomic E-state index is 0.327. The SMILES string of the molecule is Cc1ccc(NC(=O)COC(=O)CNC(=O)c2sc3ccccc3c2Cl)c(C)c1. The molecule has 0 radical (unpaired) electrons. The second-order valence-corrected chi connectivity index (χ2v) is 7.88. The summed E-state index contributed by atoms with van der Waals surface area (Å²) < 4.78 is 5.80. The number of aryl methyl sites for hydroxylation is 2. The first-order valence-electron chi connectivity index (χ1n) is 8.83. The maximum Gasteiger partial charge on any atom is 0.325 e. The van der Waals surface area contributed by atoms with Crippen molar-refractivity contribution >= 4 is 56.5 Å². The fraction of sp³-hybridized carbons (Fsp3) is 0.190. The Morgan fingerprint density at radius 1 is 1.10 bits per heavy atom. The van der Waals surface area contributed by atoms with E-state index in [9.17, 15) is 14.4 Å². The average Bonchev–Trinajstić information content (AvgIpc) is 3.04. The molecule has 150 valence electrons. The number of hydrogen-bond acceptors (Lipinski definition) is 5. The Kier molecular flexibility index (Phi) is 6.51. The van der Waals surface area contributed by atoms with Crippen molar-refractivity contribution in [3.63, 3.8) is 0 Å². The van der Waals surface area contributed by atoms with Crippen molar-refractivity contribution in [1.82, 2.24) is 5.32 Å². The van der Waals surface area contributed by atoms with Crippen LogP contribution in [0.25, 0.3) is 10.1 Å². The summed E-state index contributed by atoms with van der Waals surface area (Å²) in [5.41, 5.74) is 2.66. The molecule has 0 bridgehead atoms. The van der Waals surface area contributed by atoms with Crippen molar-refractivity contribution in [2.45, 2.75) is 13.8 Å². The minimum atomic E-state index is -0.716. The van der Waals surface area contributed by atoms with Crippen LogP contribution in [0.1, 0.15) is 20.8 Å². The predicted octanol–water partition coefficient (Wildman–Crippen LogP) is 4.08. The highest BCUT2D eigenvalue weighted by Crippen LogP contribution is 2.34. The molecule has 1 aromatic heterocycles. The first-order valence-corrected chi connectivity index (χ1v) is 10.0. The highest BCUT2D eigenvalue weighted by Gasteiger charge is 2.18. The Bertz CT molecular complexity index is 1090. The van der Waals surface area contributed by atoms with Gasteiger partial charge < -0.3 is 15.4 Å². The first kappa shape index (κ1) is 20.8. The zero-order chi connectivity index (χ0) is 21.0. The monoisotopic (exact) mass is 430 g/mol. The second kappa shape index (κ2) is 9.07. The van der Waals surface area contributed by atoms with Gasteiger partial charge in [-0.2, -0.15) is 0 Å². The van der Waals surface area contributed by atoms with Crippen LogP contribution in [0, 0.1) is 13.8 Å². The number of thiophene rings is 1. The summed E-state index contributed by atoms with van der Waals surface area (Å²) in [5.74, 6) is -1.64. The van der Waals surface area contributed by atoms with E-state index in [0.29, 0.717) is 15.6 Å².